The normalized spacial score (nSPS) is 9.90. The van der Waals surface area contributed by atoms with Gasteiger partial charge in [0.25, 0.3) is 0 Å². The van der Waals surface area contributed by atoms with E-state index < -0.39 is 0 Å². The molecule has 1 aromatic rings. The molecule has 0 aliphatic carbocycles. The number of rotatable bonds is 1. The van der Waals surface area contributed by atoms with Crippen LogP contribution in [0.4, 0.5) is 0 Å². The molecule has 1 radical (unpaired) electrons. The molecule has 0 nitrogen and oxygen atoms in total. The zero-order chi connectivity index (χ0) is 7.56. The van der Waals surface area contributed by atoms with Crippen LogP contribution in [0, 0.1) is 6.07 Å². The summed E-state index contributed by atoms with van der Waals surface area (Å²) in [5.74, 6) is 0. The van der Waals surface area contributed by atoms with Gasteiger partial charge in [0, 0.05) is 15.0 Å². The average Bonchev–Trinajstić information content (AvgIpc) is 1.85. The van der Waals surface area contributed by atoms with Gasteiger partial charge in [-0.05, 0) is 24.1 Å². The smallest absolute Gasteiger partial charge is 0.0268 e. The molecule has 0 saturated heterocycles. The molecule has 0 bridgehead atoms. The minimum Gasteiger partial charge on any atom is -0.0613 e. The quantitative estimate of drug-likeness (QED) is 0.726. The van der Waals surface area contributed by atoms with Crippen LogP contribution in [-0.4, -0.2) is 0 Å². The standard InChI is InChI=1S/C8H7Br2/c1-2-6-3-7(9)5-8(10)4-6/h3-4H,2H2,1H3. The number of halogens is 2. The fourth-order valence-corrected chi connectivity index (χ4v) is 2.04. The molecule has 0 amide bonds. The van der Waals surface area contributed by atoms with E-state index >= 15 is 0 Å². The van der Waals surface area contributed by atoms with Gasteiger partial charge in [-0.2, -0.15) is 0 Å². The fraction of sp³-hybridized carbons (Fsp3) is 0.250. The van der Waals surface area contributed by atoms with E-state index in [2.05, 4.69) is 57.0 Å². The molecule has 0 saturated carbocycles. The van der Waals surface area contributed by atoms with Crippen molar-refractivity contribution in [1.29, 1.82) is 0 Å². The van der Waals surface area contributed by atoms with Crippen LogP contribution in [0.15, 0.2) is 21.1 Å². The van der Waals surface area contributed by atoms with E-state index in [0.29, 0.717) is 0 Å². The minimum atomic E-state index is 1.01. The minimum absolute atomic E-state index is 1.01. The first-order valence-electron chi connectivity index (χ1n) is 3.09. The van der Waals surface area contributed by atoms with E-state index in [1.807, 2.05) is 0 Å². The van der Waals surface area contributed by atoms with Gasteiger partial charge in [0.15, 0.2) is 0 Å². The van der Waals surface area contributed by atoms with Gasteiger partial charge in [-0.25, -0.2) is 0 Å². The summed E-state index contributed by atoms with van der Waals surface area (Å²) in [7, 11) is 0. The largest absolute Gasteiger partial charge is 0.0613 e. The summed E-state index contributed by atoms with van der Waals surface area (Å²) < 4.78 is 2.03. The third-order valence-corrected chi connectivity index (χ3v) is 2.13. The summed E-state index contributed by atoms with van der Waals surface area (Å²) in [6, 6.07) is 7.23. The van der Waals surface area contributed by atoms with Crippen molar-refractivity contribution in [1.82, 2.24) is 0 Å². The van der Waals surface area contributed by atoms with E-state index in [1.165, 1.54) is 5.56 Å². The van der Waals surface area contributed by atoms with Gasteiger partial charge in [0.2, 0.25) is 0 Å². The molecule has 0 aromatic heterocycles. The van der Waals surface area contributed by atoms with E-state index in [1.54, 1.807) is 0 Å². The average molecular weight is 263 g/mol. The highest BCUT2D eigenvalue weighted by Crippen LogP contribution is 2.19. The van der Waals surface area contributed by atoms with Crippen molar-refractivity contribution in [3.8, 4) is 0 Å². The van der Waals surface area contributed by atoms with Crippen LogP contribution in [-0.2, 0) is 6.42 Å². The molecule has 0 N–H and O–H groups in total. The van der Waals surface area contributed by atoms with Crippen LogP contribution in [0.25, 0.3) is 0 Å². The third-order valence-electron chi connectivity index (χ3n) is 1.27. The van der Waals surface area contributed by atoms with Gasteiger partial charge in [-0.1, -0.05) is 38.8 Å². The molecular formula is C8H7Br2. The highest BCUT2D eigenvalue weighted by molar-refractivity contribution is 9.11. The van der Waals surface area contributed by atoms with Gasteiger partial charge in [0.1, 0.15) is 0 Å². The number of hydrogen-bond acceptors (Lipinski definition) is 0. The topological polar surface area (TPSA) is 0 Å². The summed E-state index contributed by atoms with van der Waals surface area (Å²) in [6.45, 7) is 2.13. The first-order chi connectivity index (χ1) is 4.72. The summed E-state index contributed by atoms with van der Waals surface area (Å²) >= 11 is 6.74. The van der Waals surface area contributed by atoms with Crippen LogP contribution in [0.1, 0.15) is 12.5 Å². The fourth-order valence-electron chi connectivity index (χ4n) is 0.758. The second-order valence-electron chi connectivity index (χ2n) is 2.04. The molecule has 1 aromatic carbocycles. The van der Waals surface area contributed by atoms with Crippen LogP contribution >= 0.6 is 31.9 Å². The summed E-state index contributed by atoms with van der Waals surface area (Å²) in [6.07, 6.45) is 1.06. The first kappa shape index (κ1) is 8.28. The summed E-state index contributed by atoms with van der Waals surface area (Å²) in [4.78, 5) is 0. The summed E-state index contributed by atoms with van der Waals surface area (Å²) in [5.41, 5.74) is 1.32. The van der Waals surface area contributed by atoms with E-state index in [4.69, 9.17) is 0 Å². The van der Waals surface area contributed by atoms with E-state index in [-0.39, 0.29) is 0 Å². The number of hydrogen-bond donors (Lipinski definition) is 0. The maximum absolute atomic E-state index is 3.37. The van der Waals surface area contributed by atoms with Crippen LogP contribution in [0.2, 0.25) is 0 Å². The van der Waals surface area contributed by atoms with Crippen LogP contribution in [0.3, 0.4) is 0 Å². The maximum Gasteiger partial charge on any atom is 0.0268 e. The predicted molar refractivity (Wildman–Crippen MR) is 50.1 cm³/mol. The Balaban J connectivity index is 3.06. The van der Waals surface area contributed by atoms with Crippen molar-refractivity contribution in [3.05, 3.63) is 32.7 Å². The molecule has 0 fully saturated rings. The van der Waals surface area contributed by atoms with E-state index in [9.17, 15) is 0 Å². The molecule has 53 valence electrons. The highest BCUT2D eigenvalue weighted by Gasteiger charge is 1.94. The predicted octanol–water partition coefficient (Wildman–Crippen LogP) is 3.57. The molecule has 10 heavy (non-hydrogen) atoms. The second-order valence-corrected chi connectivity index (χ2v) is 3.75. The molecule has 0 heterocycles. The molecular weight excluding hydrogens is 256 g/mol. The maximum atomic E-state index is 3.37. The second kappa shape index (κ2) is 3.54. The van der Waals surface area contributed by atoms with Crippen LogP contribution < -0.4 is 0 Å². The molecule has 0 atom stereocenters. The highest BCUT2D eigenvalue weighted by atomic mass is 79.9. The Kier molecular flexibility index (Phi) is 2.93. The number of aryl methyl sites for hydroxylation is 1. The van der Waals surface area contributed by atoms with Crippen molar-refractivity contribution in [2.45, 2.75) is 13.3 Å². The van der Waals surface area contributed by atoms with E-state index in [0.717, 1.165) is 15.4 Å². The molecule has 2 heteroatoms. The van der Waals surface area contributed by atoms with Crippen molar-refractivity contribution >= 4 is 31.9 Å². The Morgan fingerprint density at radius 1 is 1.30 bits per heavy atom. The molecule has 0 aliphatic rings. The zero-order valence-electron chi connectivity index (χ0n) is 5.62. The molecule has 0 unspecified atom stereocenters. The lowest BCUT2D eigenvalue weighted by molar-refractivity contribution is 1.13. The van der Waals surface area contributed by atoms with Gasteiger partial charge >= 0.3 is 0 Å². The van der Waals surface area contributed by atoms with Gasteiger partial charge in [-0.15, -0.1) is 0 Å². The Hall–Kier alpha value is 0.180. The SMILES string of the molecule is CCc1cc(Br)[c]c(Br)c1. The zero-order valence-corrected chi connectivity index (χ0v) is 8.79. The number of benzene rings is 1. The molecule has 0 aliphatic heterocycles. The van der Waals surface area contributed by atoms with Crippen molar-refractivity contribution in [3.63, 3.8) is 0 Å². The van der Waals surface area contributed by atoms with Gasteiger partial charge in [0.05, 0.1) is 0 Å². The molecule has 0 spiro atoms. The van der Waals surface area contributed by atoms with Crippen molar-refractivity contribution < 1.29 is 0 Å². The lowest BCUT2D eigenvalue weighted by atomic mass is 10.2. The third kappa shape index (κ3) is 2.10. The Morgan fingerprint density at radius 2 is 1.80 bits per heavy atom. The Labute approximate surface area is 77.9 Å². The molecule has 1 rings (SSSR count). The van der Waals surface area contributed by atoms with Gasteiger partial charge in [-0.3, -0.25) is 0 Å². The Bertz CT molecular complexity index is 210. The first-order valence-corrected chi connectivity index (χ1v) is 4.68. The monoisotopic (exact) mass is 261 g/mol. The van der Waals surface area contributed by atoms with Crippen molar-refractivity contribution in [2.75, 3.05) is 0 Å². The lowest BCUT2D eigenvalue weighted by Crippen LogP contribution is -1.79. The Morgan fingerprint density at radius 3 is 2.20 bits per heavy atom. The lowest BCUT2D eigenvalue weighted by Gasteiger charge is -1.97. The van der Waals surface area contributed by atoms with Crippen molar-refractivity contribution in [2.24, 2.45) is 0 Å². The van der Waals surface area contributed by atoms with Crippen LogP contribution in [0.5, 0.6) is 0 Å². The van der Waals surface area contributed by atoms with Gasteiger partial charge < -0.3 is 0 Å². The summed E-state index contributed by atoms with van der Waals surface area (Å²) in [5, 5.41) is 0.